The Morgan fingerprint density at radius 1 is 1.00 bits per heavy atom. The largest absolute Gasteiger partial charge is 0.489 e. The van der Waals surface area contributed by atoms with Gasteiger partial charge in [0.15, 0.2) is 0 Å². The van der Waals surface area contributed by atoms with Crippen molar-refractivity contribution >= 4 is 5.97 Å². The molecule has 1 aliphatic heterocycles. The maximum absolute atomic E-state index is 12.1. The SMILES string of the molecule is Cc1cccc(C(c2cccc(OCc3ccccc3)c2)N2CCCCC2C(=O)O)c1. The molecule has 3 aromatic carbocycles. The van der Waals surface area contributed by atoms with Crippen LogP contribution in [0.1, 0.15) is 47.6 Å². The third kappa shape index (κ3) is 5.15. The minimum Gasteiger partial charge on any atom is -0.489 e. The Balaban J connectivity index is 1.67. The maximum atomic E-state index is 12.1. The van der Waals surface area contributed by atoms with Gasteiger partial charge in [0.05, 0.1) is 6.04 Å². The summed E-state index contributed by atoms with van der Waals surface area (Å²) >= 11 is 0. The van der Waals surface area contributed by atoms with Gasteiger partial charge in [-0.2, -0.15) is 0 Å². The highest BCUT2D eigenvalue weighted by atomic mass is 16.5. The minimum atomic E-state index is -0.742. The van der Waals surface area contributed by atoms with E-state index in [1.54, 1.807) is 0 Å². The fourth-order valence-corrected chi connectivity index (χ4v) is 4.46. The number of piperidine rings is 1. The van der Waals surface area contributed by atoms with Gasteiger partial charge in [0, 0.05) is 0 Å². The third-order valence-electron chi connectivity index (χ3n) is 5.94. The van der Waals surface area contributed by atoms with Crippen LogP contribution in [0.25, 0.3) is 0 Å². The highest BCUT2D eigenvalue weighted by molar-refractivity contribution is 5.73. The molecule has 1 aliphatic rings. The Morgan fingerprint density at radius 2 is 1.74 bits per heavy atom. The monoisotopic (exact) mass is 415 g/mol. The van der Waals surface area contributed by atoms with Crippen molar-refractivity contribution in [1.82, 2.24) is 4.90 Å². The highest BCUT2D eigenvalue weighted by Gasteiger charge is 2.35. The van der Waals surface area contributed by atoms with Gasteiger partial charge >= 0.3 is 5.97 Å². The fourth-order valence-electron chi connectivity index (χ4n) is 4.46. The number of hydrogen-bond acceptors (Lipinski definition) is 3. The van der Waals surface area contributed by atoms with E-state index in [9.17, 15) is 9.90 Å². The fraction of sp³-hybridized carbons (Fsp3) is 0.296. The second-order valence-corrected chi connectivity index (χ2v) is 8.25. The first kappa shape index (κ1) is 21.1. The molecule has 0 aromatic heterocycles. The maximum Gasteiger partial charge on any atom is 0.320 e. The molecule has 3 aromatic rings. The standard InChI is InChI=1S/C27H29NO3/c1-20-9-7-12-22(17-20)26(28-16-6-5-15-25(28)27(29)30)23-13-8-14-24(18-23)31-19-21-10-3-2-4-11-21/h2-4,7-14,17-18,25-26H,5-6,15-16,19H2,1H3,(H,29,30). The Kier molecular flexibility index (Phi) is 6.68. The highest BCUT2D eigenvalue weighted by Crippen LogP contribution is 2.36. The first-order valence-corrected chi connectivity index (χ1v) is 10.9. The number of nitrogens with zero attached hydrogens (tertiary/aromatic N) is 1. The first-order valence-electron chi connectivity index (χ1n) is 10.9. The van der Waals surface area contributed by atoms with E-state index in [-0.39, 0.29) is 6.04 Å². The van der Waals surface area contributed by atoms with E-state index >= 15 is 0 Å². The summed E-state index contributed by atoms with van der Waals surface area (Å²) in [6, 6.07) is 26.0. The average molecular weight is 416 g/mol. The van der Waals surface area contributed by atoms with Crippen molar-refractivity contribution in [2.24, 2.45) is 0 Å². The van der Waals surface area contributed by atoms with Gasteiger partial charge in [0.1, 0.15) is 18.4 Å². The van der Waals surface area contributed by atoms with Crippen LogP contribution in [0.5, 0.6) is 5.75 Å². The van der Waals surface area contributed by atoms with Crippen LogP contribution in [0.15, 0.2) is 78.9 Å². The molecule has 2 atom stereocenters. The number of carboxylic acid groups (broad SMARTS) is 1. The number of carbonyl (C=O) groups is 1. The van der Waals surface area contributed by atoms with Crippen LogP contribution in [0, 0.1) is 6.92 Å². The molecule has 160 valence electrons. The minimum absolute atomic E-state index is 0.124. The summed E-state index contributed by atoms with van der Waals surface area (Å²) in [4.78, 5) is 14.2. The first-order chi connectivity index (χ1) is 15.1. The lowest BCUT2D eigenvalue weighted by atomic mass is 9.91. The molecule has 4 heteroatoms. The number of aliphatic carboxylic acids is 1. The summed E-state index contributed by atoms with van der Waals surface area (Å²) in [6.45, 7) is 3.34. The average Bonchev–Trinajstić information content (AvgIpc) is 2.79. The molecule has 1 heterocycles. The van der Waals surface area contributed by atoms with E-state index < -0.39 is 12.0 Å². The Labute approximate surface area is 184 Å². The molecule has 0 bridgehead atoms. The summed E-state index contributed by atoms with van der Waals surface area (Å²) in [6.07, 6.45) is 2.65. The number of hydrogen-bond donors (Lipinski definition) is 1. The van der Waals surface area contributed by atoms with Crippen molar-refractivity contribution in [2.45, 2.75) is 44.9 Å². The molecule has 2 unspecified atom stereocenters. The second-order valence-electron chi connectivity index (χ2n) is 8.25. The number of aryl methyl sites for hydroxylation is 1. The van der Waals surface area contributed by atoms with Gasteiger partial charge in [-0.25, -0.2) is 0 Å². The van der Waals surface area contributed by atoms with E-state index in [2.05, 4.69) is 42.2 Å². The third-order valence-corrected chi connectivity index (χ3v) is 5.94. The molecule has 0 saturated carbocycles. The lowest BCUT2D eigenvalue weighted by Gasteiger charge is -2.39. The number of ether oxygens (including phenoxy) is 1. The molecule has 0 spiro atoms. The molecule has 1 N–H and O–H groups in total. The summed E-state index contributed by atoms with van der Waals surface area (Å²) in [7, 11) is 0. The van der Waals surface area contributed by atoms with Gasteiger partial charge in [-0.1, -0.05) is 78.7 Å². The quantitative estimate of drug-likeness (QED) is 0.545. The lowest BCUT2D eigenvalue weighted by Crippen LogP contribution is -2.46. The van der Waals surface area contributed by atoms with Crippen LogP contribution in [-0.2, 0) is 11.4 Å². The van der Waals surface area contributed by atoms with Gasteiger partial charge in [-0.3, -0.25) is 9.69 Å². The molecule has 31 heavy (non-hydrogen) atoms. The zero-order valence-corrected chi connectivity index (χ0v) is 17.9. The van der Waals surface area contributed by atoms with Crippen molar-refractivity contribution in [1.29, 1.82) is 0 Å². The van der Waals surface area contributed by atoms with E-state index in [0.717, 1.165) is 41.8 Å². The zero-order chi connectivity index (χ0) is 21.6. The van der Waals surface area contributed by atoms with Crippen molar-refractivity contribution in [2.75, 3.05) is 6.54 Å². The van der Waals surface area contributed by atoms with Crippen LogP contribution in [0.3, 0.4) is 0 Å². The van der Waals surface area contributed by atoms with Crippen LogP contribution in [0.4, 0.5) is 0 Å². The number of likely N-dealkylation sites (tertiary alicyclic amines) is 1. The molecule has 4 rings (SSSR count). The van der Waals surface area contributed by atoms with Crippen LogP contribution in [0.2, 0.25) is 0 Å². The molecule has 1 fully saturated rings. The van der Waals surface area contributed by atoms with E-state index in [1.165, 1.54) is 5.56 Å². The predicted octanol–water partition coefficient (Wildman–Crippen LogP) is 5.60. The zero-order valence-electron chi connectivity index (χ0n) is 17.9. The van der Waals surface area contributed by atoms with Crippen LogP contribution >= 0.6 is 0 Å². The molecule has 0 radical (unpaired) electrons. The predicted molar refractivity (Wildman–Crippen MR) is 122 cm³/mol. The van der Waals surface area contributed by atoms with E-state index in [4.69, 9.17) is 4.74 Å². The topological polar surface area (TPSA) is 49.8 Å². The Bertz CT molecular complexity index is 1020. The number of carboxylic acids is 1. The van der Waals surface area contributed by atoms with Gasteiger partial charge in [-0.05, 0) is 55.1 Å². The van der Waals surface area contributed by atoms with E-state index in [0.29, 0.717) is 13.0 Å². The smallest absolute Gasteiger partial charge is 0.320 e. The van der Waals surface area contributed by atoms with Crippen molar-refractivity contribution in [3.63, 3.8) is 0 Å². The number of benzene rings is 3. The van der Waals surface area contributed by atoms with Gasteiger partial charge in [-0.15, -0.1) is 0 Å². The summed E-state index contributed by atoms with van der Waals surface area (Å²) in [5, 5.41) is 9.90. The second kappa shape index (κ2) is 9.80. The molecule has 0 amide bonds. The summed E-state index contributed by atoms with van der Waals surface area (Å²) < 4.78 is 6.07. The van der Waals surface area contributed by atoms with Gasteiger partial charge in [0.25, 0.3) is 0 Å². The normalized spacial score (nSPS) is 17.8. The molecule has 4 nitrogen and oxygen atoms in total. The van der Waals surface area contributed by atoms with E-state index in [1.807, 2.05) is 48.5 Å². The van der Waals surface area contributed by atoms with Gasteiger partial charge in [0.2, 0.25) is 0 Å². The van der Waals surface area contributed by atoms with Gasteiger partial charge < -0.3 is 9.84 Å². The molecule has 0 aliphatic carbocycles. The Hall–Kier alpha value is -3.11. The summed E-state index contributed by atoms with van der Waals surface area (Å²) in [5.74, 6) is 0.0525. The molecular formula is C27H29NO3. The lowest BCUT2D eigenvalue weighted by molar-refractivity contribution is -0.145. The van der Waals surface area contributed by atoms with Crippen LogP contribution in [-0.4, -0.2) is 28.6 Å². The summed E-state index contributed by atoms with van der Waals surface area (Å²) in [5.41, 5.74) is 4.46. The Morgan fingerprint density at radius 3 is 2.48 bits per heavy atom. The van der Waals surface area contributed by atoms with Crippen molar-refractivity contribution in [3.05, 3.63) is 101 Å². The molecular weight excluding hydrogens is 386 g/mol. The molecule has 1 saturated heterocycles. The van der Waals surface area contributed by atoms with Crippen molar-refractivity contribution in [3.8, 4) is 5.75 Å². The van der Waals surface area contributed by atoms with Crippen molar-refractivity contribution < 1.29 is 14.6 Å². The number of rotatable bonds is 7. The van der Waals surface area contributed by atoms with Crippen LogP contribution < -0.4 is 4.74 Å².